The minimum absolute atomic E-state index is 0.0697. The summed E-state index contributed by atoms with van der Waals surface area (Å²) in [5.74, 6) is -0.444. The van der Waals surface area contributed by atoms with Crippen molar-refractivity contribution in [1.29, 1.82) is 0 Å². The SMILES string of the molecule is C/C(=N/NC(=O)c1ccc([N+](=O)[O-])cc1)c1ccccn1. The summed E-state index contributed by atoms with van der Waals surface area (Å²) < 4.78 is 0. The van der Waals surface area contributed by atoms with Crippen LogP contribution in [0.2, 0.25) is 0 Å². The Morgan fingerprint density at radius 2 is 1.95 bits per heavy atom. The molecular weight excluding hydrogens is 272 g/mol. The number of carbonyl (C=O) groups excluding carboxylic acids is 1. The fourth-order valence-electron chi connectivity index (χ4n) is 1.57. The number of hydrazone groups is 1. The summed E-state index contributed by atoms with van der Waals surface area (Å²) in [7, 11) is 0. The minimum atomic E-state index is -0.523. The monoisotopic (exact) mass is 284 g/mol. The standard InChI is InChI=1S/C14H12N4O3/c1-10(13-4-2-3-9-15-13)16-17-14(19)11-5-7-12(8-6-11)18(20)21/h2-9H,1H3,(H,17,19)/b16-10-. The summed E-state index contributed by atoms with van der Waals surface area (Å²) in [6, 6.07) is 10.7. The first-order valence-electron chi connectivity index (χ1n) is 6.08. The van der Waals surface area contributed by atoms with E-state index in [9.17, 15) is 14.9 Å². The van der Waals surface area contributed by atoms with Gasteiger partial charge in [-0.15, -0.1) is 0 Å². The van der Waals surface area contributed by atoms with Crippen LogP contribution in [0, 0.1) is 10.1 Å². The van der Waals surface area contributed by atoms with Crippen LogP contribution in [0.4, 0.5) is 5.69 Å². The van der Waals surface area contributed by atoms with Gasteiger partial charge in [0.25, 0.3) is 11.6 Å². The average Bonchev–Trinajstić information content (AvgIpc) is 2.53. The molecule has 2 rings (SSSR count). The molecule has 21 heavy (non-hydrogen) atoms. The number of nitrogens with one attached hydrogen (secondary N) is 1. The van der Waals surface area contributed by atoms with Gasteiger partial charge in [-0.05, 0) is 31.2 Å². The van der Waals surface area contributed by atoms with Crippen molar-refractivity contribution in [3.63, 3.8) is 0 Å². The molecule has 7 heteroatoms. The van der Waals surface area contributed by atoms with Crippen molar-refractivity contribution in [1.82, 2.24) is 10.4 Å². The quantitative estimate of drug-likeness (QED) is 0.528. The number of nitro benzene ring substituents is 1. The van der Waals surface area contributed by atoms with Crippen LogP contribution in [0.25, 0.3) is 0 Å². The van der Waals surface area contributed by atoms with E-state index in [1.807, 2.05) is 6.07 Å². The third kappa shape index (κ3) is 3.69. The molecule has 1 aromatic carbocycles. The van der Waals surface area contributed by atoms with Gasteiger partial charge in [-0.25, -0.2) is 5.43 Å². The summed E-state index contributed by atoms with van der Waals surface area (Å²) in [6.07, 6.45) is 1.63. The highest BCUT2D eigenvalue weighted by molar-refractivity contribution is 5.99. The number of hydrogen-bond acceptors (Lipinski definition) is 5. The Labute approximate surface area is 120 Å². The van der Waals surface area contributed by atoms with Crippen LogP contribution < -0.4 is 5.43 Å². The van der Waals surface area contributed by atoms with Gasteiger partial charge in [-0.3, -0.25) is 19.9 Å². The number of nitro groups is 1. The van der Waals surface area contributed by atoms with Crippen molar-refractivity contribution in [2.24, 2.45) is 5.10 Å². The third-order valence-electron chi connectivity index (χ3n) is 2.70. The lowest BCUT2D eigenvalue weighted by atomic mass is 10.2. The van der Waals surface area contributed by atoms with E-state index in [-0.39, 0.29) is 11.3 Å². The van der Waals surface area contributed by atoms with Crippen molar-refractivity contribution in [3.05, 3.63) is 70.0 Å². The van der Waals surface area contributed by atoms with Gasteiger partial charge in [-0.2, -0.15) is 5.10 Å². The predicted octanol–water partition coefficient (Wildman–Crippen LogP) is 2.14. The molecule has 1 aromatic heterocycles. The zero-order valence-electron chi connectivity index (χ0n) is 11.2. The van der Waals surface area contributed by atoms with Crippen LogP contribution in [0.15, 0.2) is 53.8 Å². The molecule has 0 saturated heterocycles. The average molecular weight is 284 g/mol. The summed E-state index contributed by atoms with van der Waals surface area (Å²) in [5.41, 5.74) is 3.82. The Morgan fingerprint density at radius 1 is 1.24 bits per heavy atom. The molecule has 0 bridgehead atoms. The molecule has 1 amide bonds. The van der Waals surface area contributed by atoms with Gasteiger partial charge in [-0.1, -0.05) is 6.07 Å². The fraction of sp³-hybridized carbons (Fsp3) is 0.0714. The number of carbonyl (C=O) groups is 1. The van der Waals surface area contributed by atoms with Gasteiger partial charge in [0.05, 0.1) is 16.3 Å². The van der Waals surface area contributed by atoms with E-state index in [0.29, 0.717) is 11.4 Å². The number of aromatic nitrogens is 1. The number of nitrogens with zero attached hydrogens (tertiary/aromatic N) is 3. The lowest BCUT2D eigenvalue weighted by Crippen LogP contribution is -2.19. The molecule has 7 nitrogen and oxygen atoms in total. The van der Waals surface area contributed by atoms with Crippen LogP contribution in [0.5, 0.6) is 0 Å². The lowest BCUT2D eigenvalue weighted by molar-refractivity contribution is -0.384. The van der Waals surface area contributed by atoms with E-state index >= 15 is 0 Å². The lowest BCUT2D eigenvalue weighted by Gasteiger charge is -2.02. The summed E-state index contributed by atoms with van der Waals surface area (Å²) in [6.45, 7) is 1.72. The topological polar surface area (TPSA) is 97.5 Å². The largest absolute Gasteiger partial charge is 0.271 e. The van der Waals surface area contributed by atoms with Gasteiger partial charge < -0.3 is 0 Å². The second-order valence-electron chi connectivity index (χ2n) is 4.16. The fourth-order valence-corrected chi connectivity index (χ4v) is 1.57. The smallest absolute Gasteiger partial charge is 0.267 e. The first kappa shape index (κ1) is 14.3. The van der Waals surface area contributed by atoms with Crippen molar-refractivity contribution in [2.45, 2.75) is 6.92 Å². The van der Waals surface area contributed by atoms with E-state index < -0.39 is 10.8 Å². The van der Waals surface area contributed by atoms with Crippen LogP contribution in [-0.4, -0.2) is 21.5 Å². The molecule has 0 aliphatic heterocycles. The second-order valence-corrected chi connectivity index (χ2v) is 4.16. The number of pyridine rings is 1. The van der Waals surface area contributed by atoms with E-state index in [1.165, 1.54) is 24.3 Å². The number of amides is 1. The van der Waals surface area contributed by atoms with E-state index in [2.05, 4.69) is 15.5 Å². The van der Waals surface area contributed by atoms with E-state index in [4.69, 9.17) is 0 Å². The van der Waals surface area contributed by atoms with Crippen LogP contribution in [0.3, 0.4) is 0 Å². The molecule has 0 unspecified atom stereocenters. The highest BCUT2D eigenvalue weighted by atomic mass is 16.6. The molecule has 0 fully saturated rings. The van der Waals surface area contributed by atoms with Gasteiger partial charge in [0.1, 0.15) is 0 Å². The third-order valence-corrected chi connectivity index (χ3v) is 2.70. The highest BCUT2D eigenvalue weighted by Crippen LogP contribution is 2.11. The van der Waals surface area contributed by atoms with Gasteiger partial charge in [0.2, 0.25) is 0 Å². The Bertz CT molecular complexity index is 681. The number of benzene rings is 1. The second kappa shape index (κ2) is 6.38. The number of rotatable bonds is 4. The predicted molar refractivity (Wildman–Crippen MR) is 77.0 cm³/mol. The summed E-state index contributed by atoms with van der Waals surface area (Å²) >= 11 is 0. The zero-order valence-corrected chi connectivity index (χ0v) is 11.2. The van der Waals surface area contributed by atoms with Crippen molar-refractivity contribution in [3.8, 4) is 0 Å². The number of hydrogen-bond donors (Lipinski definition) is 1. The van der Waals surface area contributed by atoms with Gasteiger partial charge in [0, 0.05) is 23.9 Å². The molecule has 0 aliphatic rings. The molecule has 0 saturated carbocycles. The first-order chi connectivity index (χ1) is 10.1. The normalized spacial score (nSPS) is 11.0. The van der Waals surface area contributed by atoms with Crippen LogP contribution in [0.1, 0.15) is 23.0 Å². The summed E-state index contributed by atoms with van der Waals surface area (Å²) in [4.78, 5) is 26.0. The maximum absolute atomic E-state index is 11.9. The Kier molecular flexibility index (Phi) is 4.35. The van der Waals surface area contributed by atoms with Gasteiger partial charge >= 0.3 is 0 Å². The Hall–Kier alpha value is -3.09. The Morgan fingerprint density at radius 3 is 2.52 bits per heavy atom. The van der Waals surface area contributed by atoms with E-state index in [1.54, 1.807) is 25.3 Å². The maximum Gasteiger partial charge on any atom is 0.271 e. The number of non-ortho nitro benzene ring substituents is 1. The first-order valence-corrected chi connectivity index (χ1v) is 6.08. The Balaban J connectivity index is 2.06. The minimum Gasteiger partial charge on any atom is -0.267 e. The molecule has 0 spiro atoms. The summed E-state index contributed by atoms with van der Waals surface area (Å²) in [5, 5.41) is 14.5. The zero-order chi connectivity index (χ0) is 15.2. The van der Waals surface area contributed by atoms with Crippen LogP contribution in [-0.2, 0) is 0 Å². The molecule has 0 aliphatic carbocycles. The molecule has 0 atom stereocenters. The highest BCUT2D eigenvalue weighted by Gasteiger charge is 2.09. The van der Waals surface area contributed by atoms with Gasteiger partial charge in [0.15, 0.2) is 0 Å². The molecule has 1 heterocycles. The van der Waals surface area contributed by atoms with Crippen molar-refractivity contribution < 1.29 is 9.72 Å². The van der Waals surface area contributed by atoms with Crippen LogP contribution >= 0.6 is 0 Å². The maximum atomic E-state index is 11.9. The molecule has 2 aromatic rings. The van der Waals surface area contributed by atoms with E-state index in [0.717, 1.165) is 0 Å². The molecule has 106 valence electrons. The van der Waals surface area contributed by atoms with Crippen molar-refractivity contribution >= 4 is 17.3 Å². The molecule has 1 N–H and O–H groups in total. The molecular formula is C14H12N4O3. The van der Waals surface area contributed by atoms with Crippen molar-refractivity contribution in [2.75, 3.05) is 0 Å². The molecule has 0 radical (unpaired) electrons.